The van der Waals surface area contributed by atoms with E-state index in [-0.39, 0.29) is 0 Å². The summed E-state index contributed by atoms with van der Waals surface area (Å²) in [4.78, 5) is 1.96. The quantitative estimate of drug-likeness (QED) is 0.547. The molecule has 0 N–H and O–H groups in total. The number of hydrogen-bond acceptors (Lipinski definition) is 0. The monoisotopic (exact) mass is 218 g/mol. The maximum atomic E-state index is 3.26. The molecule has 0 unspecified atom stereocenters. The molecule has 0 aliphatic rings. The minimum Gasteiger partial charge on any atom is -0.0776 e. The van der Waals surface area contributed by atoms with E-state index in [4.69, 9.17) is 0 Å². The summed E-state index contributed by atoms with van der Waals surface area (Å²) in [5.74, 6) is 0. The van der Waals surface area contributed by atoms with Gasteiger partial charge in [0.15, 0.2) is 0 Å². The molecule has 0 saturated heterocycles. The van der Waals surface area contributed by atoms with Crippen LogP contribution in [0, 0.1) is 0 Å². The average Bonchev–Trinajstić information content (AvgIpc) is 2.03. The summed E-state index contributed by atoms with van der Waals surface area (Å²) in [6.07, 6.45) is 11.8. The van der Waals surface area contributed by atoms with Gasteiger partial charge in [0.25, 0.3) is 0 Å². The molecule has 0 aliphatic carbocycles. The molecule has 0 radical (unpaired) electrons. The molecule has 0 spiro atoms. The Morgan fingerprint density at radius 3 is 2.27 bits per heavy atom. The Hall–Kier alpha value is 0.220. The summed E-state index contributed by atoms with van der Waals surface area (Å²) < 4.78 is 0. The SMILES string of the molecule is CCCCCCCCC=CBr. The van der Waals surface area contributed by atoms with Crippen molar-refractivity contribution in [1.82, 2.24) is 0 Å². The fourth-order valence-electron chi connectivity index (χ4n) is 1.11. The molecule has 0 aromatic rings. The number of rotatable bonds is 7. The van der Waals surface area contributed by atoms with Crippen LogP contribution in [-0.2, 0) is 0 Å². The van der Waals surface area contributed by atoms with E-state index in [2.05, 4.69) is 28.9 Å². The summed E-state index contributed by atoms with van der Waals surface area (Å²) in [5.41, 5.74) is 0. The smallest absolute Gasteiger partial charge is 0.0229 e. The van der Waals surface area contributed by atoms with Crippen LogP contribution in [-0.4, -0.2) is 0 Å². The Morgan fingerprint density at radius 1 is 1.00 bits per heavy atom. The highest BCUT2D eigenvalue weighted by Gasteiger charge is 1.87. The maximum absolute atomic E-state index is 3.26. The first kappa shape index (κ1) is 11.2. The Balaban J connectivity index is 2.79. The van der Waals surface area contributed by atoms with Crippen LogP contribution in [0.15, 0.2) is 11.1 Å². The van der Waals surface area contributed by atoms with Gasteiger partial charge in [0, 0.05) is 0 Å². The topological polar surface area (TPSA) is 0 Å². The van der Waals surface area contributed by atoms with Crippen LogP contribution >= 0.6 is 15.9 Å². The second-order valence-electron chi connectivity index (χ2n) is 2.92. The standard InChI is InChI=1S/C10H19Br/c1-2-3-4-5-6-7-8-9-10-11/h9-10H,2-8H2,1H3. The minimum absolute atomic E-state index is 1.23. The van der Waals surface area contributed by atoms with Crippen molar-refractivity contribution in [3.8, 4) is 0 Å². The molecule has 0 nitrogen and oxygen atoms in total. The van der Waals surface area contributed by atoms with Crippen molar-refractivity contribution in [2.24, 2.45) is 0 Å². The van der Waals surface area contributed by atoms with Crippen molar-refractivity contribution >= 4 is 15.9 Å². The summed E-state index contributed by atoms with van der Waals surface area (Å²) >= 11 is 3.26. The zero-order valence-electron chi connectivity index (χ0n) is 7.48. The van der Waals surface area contributed by atoms with Crippen molar-refractivity contribution in [2.75, 3.05) is 0 Å². The zero-order valence-corrected chi connectivity index (χ0v) is 9.07. The molecular weight excluding hydrogens is 200 g/mol. The second-order valence-corrected chi connectivity index (χ2v) is 3.45. The van der Waals surface area contributed by atoms with E-state index in [1.807, 2.05) is 4.99 Å². The summed E-state index contributed by atoms with van der Waals surface area (Å²) in [6, 6.07) is 0. The molecule has 0 bridgehead atoms. The van der Waals surface area contributed by atoms with Crippen LogP contribution in [0.2, 0.25) is 0 Å². The lowest BCUT2D eigenvalue weighted by Gasteiger charge is -1.96. The first-order valence-electron chi connectivity index (χ1n) is 4.67. The maximum Gasteiger partial charge on any atom is -0.0229 e. The molecular formula is C10H19Br. The van der Waals surface area contributed by atoms with Gasteiger partial charge in [-0.2, -0.15) is 0 Å². The second kappa shape index (κ2) is 10.2. The normalized spacial score (nSPS) is 11.1. The van der Waals surface area contributed by atoms with Gasteiger partial charge in [0.2, 0.25) is 0 Å². The van der Waals surface area contributed by atoms with E-state index < -0.39 is 0 Å². The van der Waals surface area contributed by atoms with Crippen LogP contribution in [0.4, 0.5) is 0 Å². The largest absolute Gasteiger partial charge is 0.0776 e. The van der Waals surface area contributed by atoms with Gasteiger partial charge < -0.3 is 0 Å². The van der Waals surface area contributed by atoms with Crippen molar-refractivity contribution in [2.45, 2.75) is 51.9 Å². The fraction of sp³-hybridized carbons (Fsp3) is 0.800. The molecule has 0 fully saturated rings. The Kier molecular flexibility index (Phi) is 10.4. The van der Waals surface area contributed by atoms with E-state index >= 15 is 0 Å². The third-order valence-corrected chi connectivity index (χ3v) is 2.19. The predicted molar refractivity (Wildman–Crippen MR) is 56.1 cm³/mol. The first-order chi connectivity index (χ1) is 5.41. The summed E-state index contributed by atoms with van der Waals surface area (Å²) in [5, 5.41) is 0. The van der Waals surface area contributed by atoms with Crippen molar-refractivity contribution in [3.05, 3.63) is 11.1 Å². The van der Waals surface area contributed by atoms with Crippen LogP contribution in [0.3, 0.4) is 0 Å². The highest BCUT2D eigenvalue weighted by atomic mass is 79.9. The van der Waals surface area contributed by atoms with Gasteiger partial charge in [-0.25, -0.2) is 0 Å². The molecule has 66 valence electrons. The van der Waals surface area contributed by atoms with Gasteiger partial charge in [-0.1, -0.05) is 61.0 Å². The molecule has 0 amide bonds. The van der Waals surface area contributed by atoms with E-state index in [9.17, 15) is 0 Å². The Labute approximate surface area is 79.2 Å². The number of unbranched alkanes of at least 4 members (excludes halogenated alkanes) is 6. The lowest BCUT2D eigenvalue weighted by Crippen LogP contribution is -1.77. The van der Waals surface area contributed by atoms with Crippen LogP contribution in [0.1, 0.15) is 51.9 Å². The van der Waals surface area contributed by atoms with Crippen LogP contribution < -0.4 is 0 Å². The highest BCUT2D eigenvalue weighted by molar-refractivity contribution is 9.11. The van der Waals surface area contributed by atoms with Gasteiger partial charge >= 0.3 is 0 Å². The van der Waals surface area contributed by atoms with Gasteiger partial charge in [-0.15, -0.1) is 0 Å². The Morgan fingerprint density at radius 2 is 1.64 bits per heavy atom. The zero-order chi connectivity index (χ0) is 8.36. The lowest BCUT2D eigenvalue weighted by molar-refractivity contribution is 0.611. The average molecular weight is 219 g/mol. The van der Waals surface area contributed by atoms with Gasteiger partial charge in [0.05, 0.1) is 0 Å². The number of hydrogen-bond donors (Lipinski definition) is 0. The third-order valence-electron chi connectivity index (χ3n) is 1.81. The molecule has 11 heavy (non-hydrogen) atoms. The number of allylic oxidation sites excluding steroid dienone is 1. The van der Waals surface area contributed by atoms with E-state index in [1.54, 1.807) is 0 Å². The summed E-state index contributed by atoms with van der Waals surface area (Å²) in [7, 11) is 0. The predicted octanol–water partition coefficient (Wildman–Crippen LogP) is 4.65. The van der Waals surface area contributed by atoms with Crippen LogP contribution in [0.25, 0.3) is 0 Å². The minimum atomic E-state index is 1.23. The van der Waals surface area contributed by atoms with Crippen molar-refractivity contribution < 1.29 is 0 Å². The van der Waals surface area contributed by atoms with Crippen molar-refractivity contribution in [1.29, 1.82) is 0 Å². The highest BCUT2D eigenvalue weighted by Crippen LogP contribution is 2.07. The molecule has 0 atom stereocenters. The molecule has 0 aliphatic heterocycles. The molecule has 0 heterocycles. The van der Waals surface area contributed by atoms with E-state index in [1.165, 1.54) is 44.9 Å². The molecule has 0 aromatic carbocycles. The van der Waals surface area contributed by atoms with E-state index in [0.717, 1.165) is 0 Å². The molecule has 0 saturated carbocycles. The van der Waals surface area contributed by atoms with E-state index in [0.29, 0.717) is 0 Å². The number of halogens is 1. The Bertz CT molecular complexity index is 86.9. The third kappa shape index (κ3) is 10.2. The van der Waals surface area contributed by atoms with Gasteiger partial charge in [-0.05, 0) is 17.8 Å². The fourth-order valence-corrected chi connectivity index (χ4v) is 1.37. The van der Waals surface area contributed by atoms with Crippen molar-refractivity contribution in [3.63, 3.8) is 0 Å². The molecule has 1 heteroatoms. The molecule has 0 rings (SSSR count). The molecule has 0 aromatic heterocycles. The van der Waals surface area contributed by atoms with Crippen LogP contribution in [0.5, 0.6) is 0 Å². The van der Waals surface area contributed by atoms with Gasteiger partial charge in [-0.3, -0.25) is 0 Å². The summed E-state index contributed by atoms with van der Waals surface area (Å²) in [6.45, 7) is 2.26. The lowest BCUT2D eigenvalue weighted by atomic mass is 10.1. The first-order valence-corrected chi connectivity index (χ1v) is 5.58. The van der Waals surface area contributed by atoms with Gasteiger partial charge in [0.1, 0.15) is 0 Å².